The van der Waals surface area contributed by atoms with Gasteiger partial charge in [0.2, 0.25) is 5.91 Å². The topological polar surface area (TPSA) is 113 Å². The SMILES string of the molecule is CC(=O)N1CCN(C(=O)COC(=O)CCc2nc3ccccc3c(=O)[nH]2)CC1. The number of aromatic amines is 1. The molecule has 0 bridgehead atoms. The summed E-state index contributed by atoms with van der Waals surface area (Å²) < 4.78 is 5.04. The predicted octanol–water partition coefficient (Wildman–Crippen LogP) is 0.0896. The van der Waals surface area contributed by atoms with Gasteiger partial charge < -0.3 is 19.5 Å². The van der Waals surface area contributed by atoms with E-state index in [4.69, 9.17) is 4.74 Å². The van der Waals surface area contributed by atoms with Crippen LogP contribution in [0.25, 0.3) is 10.9 Å². The second-order valence-electron chi connectivity index (χ2n) is 6.58. The van der Waals surface area contributed by atoms with Crippen molar-refractivity contribution >= 4 is 28.7 Å². The van der Waals surface area contributed by atoms with E-state index in [1.54, 1.807) is 34.1 Å². The quantitative estimate of drug-likeness (QED) is 0.729. The number of rotatable bonds is 5. The number of nitrogens with zero attached hydrogens (tertiary/aromatic N) is 3. The van der Waals surface area contributed by atoms with Gasteiger partial charge in [0.05, 0.1) is 17.3 Å². The van der Waals surface area contributed by atoms with E-state index in [-0.39, 0.29) is 36.8 Å². The number of hydrogen-bond acceptors (Lipinski definition) is 6. The van der Waals surface area contributed by atoms with E-state index >= 15 is 0 Å². The van der Waals surface area contributed by atoms with E-state index in [0.717, 1.165) is 0 Å². The number of carbonyl (C=O) groups excluding carboxylic acids is 3. The Labute approximate surface area is 161 Å². The minimum Gasteiger partial charge on any atom is -0.456 e. The van der Waals surface area contributed by atoms with Crippen LogP contribution in [0, 0.1) is 0 Å². The van der Waals surface area contributed by atoms with E-state index in [2.05, 4.69) is 9.97 Å². The highest BCUT2D eigenvalue weighted by Crippen LogP contribution is 2.07. The summed E-state index contributed by atoms with van der Waals surface area (Å²) in [6.45, 7) is 2.99. The highest BCUT2D eigenvalue weighted by atomic mass is 16.5. The molecule has 9 nitrogen and oxygen atoms in total. The molecule has 1 aliphatic heterocycles. The van der Waals surface area contributed by atoms with Crippen molar-refractivity contribution in [1.29, 1.82) is 0 Å². The molecule has 0 unspecified atom stereocenters. The van der Waals surface area contributed by atoms with Crippen LogP contribution in [0.4, 0.5) is 0 Å². The van der Waals surface area contributed by atoms with Crippen molar-refractivity contribution in [3.63, 3.8) is 0 Å². The van der Waals surface area contributed by atoms with Crippen molar-refractivity contribution in [3.8, 4) is 0 Å². The Balaban J connectivity index is 1.45. The second kappa shape index (κ2) is 8.64. The summed E-state index contributed by atoms with van der Waals surface area (Å²) in [5.41, 5.74) is 0.309. The number of ether oxygens (including phenoxy) is 1. The zero-order valence-electron chi connectivity index (χ0n) is 15.6. The molecule has 3 rings (SSSR count). The first kappa shape index (κ1) is 19.5. The van der Waals surface area contributed by atoms with Gasteiger partial charge in [0.15, 0.2) is 6.61 Å². The average molecular weight is 386 g/mol. The lowest BCUT2D eigenvalue weighted by atomic mass is 10.2. The fourth-order valence-corrected chi connectivity index (χ4v) is 3.05. The van der Waals surface area contributed by atoms with E-state index < -0.39 is 5.97 Å². The molecule has 1 N–H and O–H groups in total. The molecule has 2 aromatic rings. The highest BCUT2D eigenvalue weighted by Gasteiger charge is 2.23. The van der Waals surface area contributed by atoms with Gasteiger partial charge in [0.1, 0.15) is 5.82 Å². The van der Waals surface area contributed by atoms with E-state index in [1.165, 1.54) is 6.92 Å². The van der Waals surface area contributed by atoms with E-state index in [1.807, 2.05) is 0 Å². The van der Waals surface area contributed by atoms with Crippen LogP contribution in [0.2, 0.25) is 0 Å². The first-order valence-electron chi connectivity index (χ1n) is 9.11. The third-order valence-corrected chi connectivity index (χ3v) is 4.66. The molecule has 0 atom stereocenters. The van der Waals surface area contributed by atoms with Crippen LogP contribution < -0.4 is 5.56 Å². The monoisotopic (exact) mass is 386 g/mol. The van der Waals surface area contributed by atoms with Crippen LogP contribution in [0.1, 0.15) is 19.2 Å². The molecule has 0 saturated carbocycles. The number of para-hydroxylation sites is 1. The molecule has 1 aromatic heterocycles. The van der Waals surface area contributed by atoms with Gasteiger partial charge in [-0.1, -0.05) is 12.1 Å². The average Bonchev–Trinajstić information content (AvgIpc) is 2.70. The lowest BCUT2D eigenvalue weighted by molar-refractivity contribution is -0.153. The van der Waals surface area contributed by atoms with Crippen molar-refractivity contribution in [2.24, 2.45) is 0 Å². The third kappa shape index (κ3) is 4.73. The first-order valence-corrected chi connectivity index (χ1v) is 9.11. The maximum Gasteiger partial charge on any atom is 0.306 e. The number of H-pyrrole nitrogens is 1. The van der Waals surface area contributed by atoms with Gasteiger partial charge >= 0.3 is 5.97 Å². The number of esters is 1. The lowest BCUT2D eigenvalue weighted by Gasteiger charge is -2.34. The zero-order chi connectivity index (χ0) is 20.1. The van der Waals surface area contributed by atoms with Crippen LogP contribution in [0.5, 0.6) is 0 Å². The number of hydrogen-bond donors (Lipinski definition) is 1. The molecule has 1 fully saturated rings. The van der Waals surface area contributed by atoms with Crippen molar-refractivity contribution < 1.29 is 19.1 Å². The Bertz CT molecular complexity index is 947. The minimum atomic E-state index is -0.536. The van der Waals surface area contributed by atoms with Gasteiger partial charge in [0, 0.05) is 39.5 Å². The fraction of sp³-hybridized carbons (Fsp3) is 0.421. The molecule has 1 aromatic carbocycles. The summed E-state index contributed by atoms with van der Waals surface area (Å²) in [7, 11) is 0. The molecule has 9 heteroatoms. The molecule has 2 heterocycles. The zero-order valence-corrected chi connectivity index (χ0v) is 15.6. The predicted molar refractivity (Wildman–Crippen MR) is 100 cm³/mol. The Morgan fingerprint density at radius 2 is 1.79 bits per heavy atom. The fourth-order valence-electron chi connectivity index (χ4n) is 3.05. The van der Waals surface area contributed by atoms with Crippen molar-refractivity contribution in [3.05, 3.63) is 40.4 Å². The number of benzene rings is 1. The van der Waals surface area contributed by atoms with Gasteiger partial charge in [0.25, 0.3) is 11.5 Å². The van der Waals surface area contributed by atoms with Gasteiger partial charge in [-0.3, -0.25) is 19.2 Å². The lowest BCUT2D eigenvalue weighted by Crippen LogP contribution is -2.51. The molecule has 0 aliphatic carbocycles. The van der Waals surface area contributed by atoms with Crippen LogP contribution in [-0.4, -0.2) is 70.3 Å². The maximum atomic E-state index is 12.1. The minimum absolute atomic E-state index is 0.00662. The number of fused-ring (bicyclic) bond motifs is 1. The standard InChI is InChI=1S/C19H22N4O5/c1-13(24)22-8-10-23(11-9-22)17(25)12-28-18(26)7-6-16-20-15-5-3-2-4-14(15)19(27)21-16/h2-5H,6-12H2,1H3,(H,20,21,27). The second-order valence-corrected chi connectivity index (χ2v) is 6.58. The first-order chi connectivity index (χ1) is 13.4. The number of nitrogens with one attached hydrogen (secondary N) is 1. The van der Waals surface area contributed by atoms with Crippen molar-refractivity contribution in [2.75, 3.05) is 32.8 Å². The Hall–Kier alpha value is -3.23. The van der Waals surface area contributed by atoms with Gasteiger partial charge in [-0.15, -0.1) is 0 Å². The van der Waals surface area contributed by atoms with Crippen LogP contribution in [0.3, 0.4) is 0 Å². The van der Waals surface area contributed by atoms with Gasteiger partial charge in [-0.05, 0) is 12.1 Å². The number of aromatic nitrogens is 2. The summed E-state index contributed by atoms with van der Waals surface area (Å²) in [6, 6.07) is 6.96. The summed E-state index contributed by atoms with van der Waals surface area (Å²) in [5, 5.41) is 0.490. The maximum absolute atomic E-state index is 12.1. The summed E-state index contributed by atoms with van der Waals surface area (Å²) in [5.74, 6) is -0.438. The molecular formula is C19H22N4O5. The Morgan fingerprint density at radius 3 is 2.50 bits per heavy atom. The number of piperazine rings is 1. The van der Waals surface area contributed by atoms with Crippen molar-refractivity contribution in [2.45, 2.75) is 19.8 Å². The third-order valence-electron chi connectivity index (χ3n) is 4.66. The van der Waals surface area contributed by atoms with Crippen LogP contribution in [0.15, 0.2) is 29.1 Å². The van der Waals surface area contributed by atoms with Crippen molar-refractivity contribution in [1.82, 2.24) is 19.8 Å². The molecule has 1 saturated heterocycles. The van der Waals surface area contributed by atoms with Gasteiger partial charge in [-0.2, -0.15) is 0 Å². The molecule has 1 aliphatic rings. The molecule has 0 radical (unpaired) electrons. The van der Waals surface area contributed by atoms with Crippen LogP contribution >= 0.6 is 0 Å². The Morgan fingerprint density at radius 1 is 1.11 bits per heavy atom. The number of aryl methyl sites for hydroxylation is 1. The number of carbonyl (C=O) groups is 3. The molecule has 0 spiro atoms. The Kier molecular flexibility index (Phi) is 6.03. The summed E-state index contributed by atoms with van der Waals surface area (Å²) in [6.07, 6.45) is 0.219. The van der Waals surface area contributed by atoms with E-state index in [0.29, 0.717) is 42.9 Å². The number of amides is 2. The van der Waals surface area contributed by atoms with Crippen LogP contribution in [-0.2, 0) is 25.5 Å². The van der Waals surface area contributed by atoms with Gasteiger partial charge in [-0.25, -0.2) is 4.98 Å². The smallest absolute Gasteiger partial charge is 0.306 e. The molecular weight excluding hydrogens is 364 g/mol. The van der Waals surface area contributed by atoms with E-state index in [9.17, 15) is 19.2 Å². The largest absolute Gasteiger partial charge is 0.456 e. The summed E-state index contributed by atoms with van der Waals surface area (Å²) >= 11 is 0. The highest BCUT2D eigenvalue weighted by molar-refractivity contribution is 5.81. The molecule has 28 heavy (non-hydrogen) atoms. The molecule has 148 valence electrons. The molecule has 2 amide bonds. The normalized spacial score (nSPS) is 14.2. The summed E-state index contributed by atoms with van der Waals surface area (Å²) in [4.78, 5) is 57.6.